The first kappa shape index (κ1) is 15.0. The van der Waals surface area contributed by atoms with Gasteiger partial charge in [0.1, 0.15) is 5.82 Å². The van der Waals surface area contributed by atoms with Gasteiger partial charge in [0.2, 0.25) is 0 Å². The number of carbonyl (C=O) groups excluding carboxylic acids is 1. The highest BCUT2D eigenvalue weighted by Crippen LogP contribution is 2.30. The Bertz CT molecular complexity index is 683. The molecule has 2 aromatic rings. The summed E-state index contributed by atoms with van der Waals surface area (Å²) in [6.45, 7) is 3.32. The van der Waals surface area contributed by atoms with Crippen LogP contribution >= 0.6 is 0 Å². The van der Waals surface area contributed by atoms with E-state index in [0.717, 1.165) is 12.1 Å². The fraction of sp³-hybridized carbons (Fsp3) is 0.214. The first-order chi connectivity index (χ1) is 9.77. The summed E-state index contributed by atoms with van der Waals surface area (Å²) in [6, 6.07) is 4.44. The van der Waals surface area contributed by atoms with Crippen LogP contribution < -0.4 is 5.32 Å². The molecule has 0 radical (unpaired) electrons. The van der Waals surface area contributed by atoms with Gasteiger partial charge in [-0.25, -0.2) is 9.97 Å². The van der Waals surface area contributed by atoms with Crippen LogP contribution in [0.4, 0.5) is 18.9 Å². The molecule has 1 aromatic heterocycles. The number of aromatic nitrogens is 2. The standard InChI is InChI=1S/C14H12F3N3O/c1-8-12(7-18-9(2)19-8)13(21)20-11-5-3-4-10(6-11)14(15,16)17/h3-7H,1-2H3,(H,20,21). The molecule has 0 unspecified atom stereocenters. The second-order valence-electron chi connectivity index (χ2n) is 4.45. The summed E-state index contributed by atoms with van der Waals surface area (Å²) >= 11 is 0. The van der Waals surface area contributed by atoms with Crippen molar-refractivity contribution in [3.63, 3.8) is 0 Å². The number of hydrogen-bond donors (Lipinski definition) is 1. The molecule has 110 valence electrons. The van der Waals surface area contributed by atoms with Crippen molar-refractivity contribution in [3.05, 3.63) is 53.1 Å². The van der Waals surface area contributed by atoms with Crippen LogP contribution in [0.3, 0.4) is 0 Å². The van der Waals surface area contributed by atoms with Gasteiger partial charge in [-0.2, -0.15) is 13.2 Å². The lowest BCUT2D eigenvalue weighted by molar-refractivity contribution is -0.137. The first-order valence-corrected chi connectivity index (χ1v) is 6.06. The van der Waals surface area contributed by atoms with Crippen LogP contribution in [0.15, 0.2) is 30.5 Å². The van der Waals surface area contributed by atoms with Gasteiger partial charge in [-0.3, -0.25) is 4.79 Å². The number of halogens is 3. The summed E-state index contributed by atoms with van der Waals surface area (Å²) in [4.78, 5) is 20.0. The van der Waals surface area contributed by atoms with Gasteiger partial charge >= 0.3 is 6.18 Å². The molecular formula is C14H12F3N3O. The molecule has 0 fully saturated rings. The normalized spacial score (nSPS) is 11.3. The molecule has 2 rings (SSSR count). The van der Waals surface area contributed by atoms with Gasteiger partial charge in [0, 0.05) is 11.9 Å². The van der Waals surface area contributed by atoms with Crippen molar-refractivity contribution in [2.24, 2.45) is 0 Å². The zero-order chi connectivity index (χ0) is 15.6. The molecular weight excluding hydrogens is 283 g/mol. The highest BCUT2D eigenvalue weighted by atomic mass is 19.4. The molecule has 0 saturated heterocycles. The number of hydrogen-bond acceptors (Lipinski definition) is 3. The smallest absolute Gasteiger partial charge is 0.322 e. The van der Waals surface area contributed by atoms with Crippen molar-refractivity contribution in [3.8, 4) is 0 Å². The number of nitrogens with zero attached hydrogens (tertiary/aromatic N) is 2. The molecule has 0 spiro atoms. The van der Waals surface area contributed by atoms with Crippen LogP contribution in [0.1, 0.15) is 27.4 Å². The van der Waals surface area contributed by atoms with Gasteiger partial charge in [-0.05, 0) is 32.0 Å². The minimum atomic E-state index is -4.45. The fourth-order valence-corrected chi connectivity index (χ4v) is 1.78. The van der Waals surface area contributed by atoms with Gasteiger partial charge in [0.25, 0.3) is 5.91 Å². The van der Waals surface area contributed by atoms with Gasteiger partial charge in [-0.15, -0.1) is 0 Å². The van der Waals surface area contributed by atoms with Crippen molar-refractivity contribution >= 4 is 11.6 Å². The second-order valence-corrected chi connectivity index (χ2v) is 4.45. The summed E-state index contributed by atoms with van der Waals surface area (Å²) in [5.74, 6) is -0.0325. The van der Waals surface area contributed by atoms with Gasteiger partial charge in [0.15, 0.2) is 0 Å². The molecule has 1 N–H and O–H groups in total. The second kappa shape index (κ2) is 5.51. The predicted molar refractivity (Wildman–Crippen MR) is 70.9 cm³/mol. The lowest BCUT2D eigenvalue weighted by Gasteiger charge is -2.10. The Morgan fingerprint density at radius 1 is 1.24 bits per heavy atom. The van der Waals surface area contributed by atoms with Gasteiger partial charge in [0.05, 0.1) is 16.8 Å². The van der Waals surface area contributed by atoms with E-state index < -0.39 is 17.6 Å². The van der Waals surface area contributed by atoms with Gasteiger partial charge in [-0.1, -0.05) is 6.07 Å². The molecule has 7 heteroatoms. The molecule has 1 heterocycles. The maximum atomic E-state index is 12.6. The summed E-state index contributed by atoms with van der Waals surface area (Å²) < 4.78 is 37.8. The SMILES string of the molecule is Cc1ncc(C(=O)Nc2cccc(C(F)(F)F)c2)c(C)n1. The van der Waals surface area contributed by atoms with Crippen LogP contribution in [-0.4, -0.2) is 15.9 Å². The molecule has 0 atom stereocenters. The lowest BCUT2D eigenvalue weighted by atomic mass is 10.1. The molecule has 0 aliphatic rings. The van der Waals surface area contributed by atoms with Crippen LogP contribution in [0.2, 0.25) is 0 Å². The Morgan fingerprint density at radius 3 is 2.57 bits per heavy atom. The Balaban J connectivity index is 2.24. The predicted octanol–water partition coefficient (Wildman–Crippen LogP) is 3.36. The van der Waals surface area contributed by atoms with Crippen molar-refractivity contribution in [2.75, 3.05) is 5.32 Å². The Labute approximate surface area is 119 Å². The van der Waals surface area contributed by atoms with E-state index in [1.807, 2.05) is 0 Å². The first-order valence-electron chi connectivity index (χ1n) is 6.06. The summed E-state index contributed by atoms with van der Waals surface area (Å²) in [5.41, 5.74) is -0.0723. The van der Waals surface area contributed by atoms with E-state index in [4.69, 9.17) is 0 Å². The highest BCUT2D eigenvalue weighted by molar-refractivity contribution is 6.04. The highest BCUT2D eigenvalue weighted by Gasteiger charge is 2.30. The van der Waals surface area contributed by atoms with Crippen molar-refractivity contribution in [1.29, 1.82) is 0 Å². The summed E-state index contributed by atoms with van der Waals surface area (Å²) in [5, 5.41) is 2.41. The van der Waals surface area contributed by atoms with E-state index in [9.17, 15) is 18.0 Å². The molecule has 0 saturated carbocycles. The quantitative estimate of drug-likeness (QED) is 0.924. The zero-order valence-corrected chi connectivity index (χ0v) is 11.3. The molecule has 0 bridgehead atoms. The minimum absolute atomic E-state index is 0.0646. The average Bonchev–Trinajstić information content (AvgIpc) is 2.37. The van der Waals surface area contributed by atoms with Gasteiger partial charge < -0.3 is 5.32 Å². The summed E-state index contributed by atoms with van der Waals surface area (Å²) in [6.07, 6.45) is -3.11. The number of benzene rings is 1. The van der Waals surface area contributed by atoms with E-state index in [2.05, 4.69) is 15.3 Å². The Morgan fingerprint density at radius 2 is 1.95 bits per heavy atom. The van der Waals surface area contributed by atoms with Crippen LogP contribution in [-0.2, 0) is 6.18 Å². The third kappa shape index (κ3) is 3.56. The number of nitrogens with one attached hydrogen (secondary N) is 1. The minimum Gasteiger partial charge on any atom is -0.322 e. The van der Waals surface area contributed by atoms with Crippen molar-refractivity contribution < 1.29 is 18.0 Å². The number of alkyl halides is 3. The number of amides is 1. The number of carbonyl (C=O) groups is 1. The van der Waals surface area contributed by atoms with Crippen LogP contribution in [0.5, 0.6) is 0 Å². The topological polar surface area (TPSA) is 54.9 Å². The average molecular weight is 295 g/mol. The molecule has 4 nitrogen and oxygen atoms in total. The molecule has 0 aliphatic carbocycles. The fourth-order valence-electron chi connectivity index (χ4n) is 1.78. The van der Waals surface area contributed by atoms with Crippen molar-refractivity contribution in [1.82, 2.24) is 9.97 Å². The molecule has 0 aliphatic heterocycles. The zero-order valence-electron chi connectivity index (χ0n) is 11.3. The van der Waals surface area contributed by atoms with Crippen LogP contribution in [0.25, 0.3) is 0 Å². The van der Waals surface area contributed by atoms with E-state index in [0.29, 0.717) is 11.5 Å². The molecule has 1 amide bonds. The maximum Gasteiger partial charge on any atom is 0.416 e. The van der Waals surface area contributed by atoms with E-state index in [1.165, 1.54) is 18.3 Å². The molecule has 1 aromatic carbocycles. The van der Waals surface area contributed by atoms with E-state index >= 15 is 0 Å². The summed E-state index contributed by atoms with van der Waals surface area (Å²) in [7, 11) is 0. The molecule has 21 heavy (non-hydrogen) atoms. The third-order valence-corrected chi connectivity index (χ3v) is 2.79. The monoisotopic (exact) mass is 295 g/mol. The largest absolute Gasteiger partial charge is 0.416 e. The Kier molecular flexibility index (Phi) is 3.93. The number of aryl methyl sites for hydroxylation is 2. The van der Waals surface area contributed by atoms with E-state index in [1.54, 1.807) is 13.8 Å². The maximum absolute atomic E-state index is 12.6. The number of anilines is 1. The van der Waals surface area contributed by atoms with Crippen molar-refractivity contribution in [2.45, 2.75) is 20.0 Å². The third-order valence-electron chi connectivity index (χ3n) is 2.79. The van der Waals surface area contributed by atoms with E-state index in [-0.39, 0.29) is 11.3 Å². The lowest BCUT2D eigenvalue weighted by Crippen LogP contribution is -2.15. The van der Waals surface area contributed by atoms with Crippen LogP contribution in [0, 0.1) is 13.8 Å². The number of rotatable bonds is 2. The Hall–Kier alpha value is -2.44.